The molecule has 0 saturated carbocycles. The molecule has 0 aliphatic heterocycles. The molecule has 0 atom stereocenters. The highest BCUT2D eigenvalue weighted by molar-refractivity contribution is 6.30. The zero-order valence-electron chi connectivity index (χ0n) is 5.71. The second kappa shape index (κ2) is 2.94. The van der Waals surface area contributed by atoms with E-state index in [9.17, 15) is 9.18 Å². The molecule has 0 saturated heterocycles. The number of nitrogens with zero attached hydrogens (tertiary/aromatic N) is 1. The quantitative estimate of drug-likeness (QED) is 0.652. The van der Waals surface area contributed by atoms with Crippen molar-refractivity contribution in [1.82, 2.24) is 4.98 Å². The van der Waals surface area contributed by atoms with Crippen molar-refractivity contribution in [3.63, 3.8) is 0 Å². The summed E-state index contributed by atoms with van der Waals surface area (Å²) in [5.74, 6) is -2.34. The van der Waals surface area contributed by atoms with Gasteiger partial charge in [0.15, 0.2) is 11.0 Å². The largest absolute Gasteiger partial charge is 0.478 e. The van der Waals surface area contributed by atoms with Crippen molar-refractivity contribution in [1.29, 1.82) is 0 Å². The van der Waals surface area contributed by atoms with E-state index in [0.29, 0.717) is 0 Å². The second-order valence-corrected chi connectivity index (χ2v) is 2.35. The summed E-state index contributed by atoms with van der Waals surface area (Å²) in [5, 5.41) is 8.02. The highest BCUT2D eigenvalue weighted by Crippen LogP contribution is 2.20. The number of hydrogen-bond donors (Lipinski definition) is 2. The van der Waals surface area contributed by atoms with Crippen LogP contribution in [0.25, 0.3) is 0 Å². The van der Waals surface area contributed by atoms with Crippen molar-refractivity contribution in [2.24, 2.45) is 0 Å². The number of aromatic carboxylic acids is 1. The van der Waals surface area contributed by atoms with Crippen LogP contribution < -0.4 is 5.73 Å². The van der Waals surface area contributed by atoms with E-state index in [4.69, 9.17) is 22.4 Å². The van der Waals surface area contributed by atoms with Crippen LogP contribution in [0.4, 0.5) is 10.1 Å². The standard InChI is InChI=1S/C6H4ClFN2O2/c7-5-3(8)4(9)2(1-10-5)6(11)12/h1H,(H2,9,10)(H,11,12). The van der Waals surface area contributed by atoms with Crippen molar-refractivity contribution in [3.05, 3.63) is 22.7 Å². The first kappa shape index (κ1) is 8.73. The summed E-state index contributed by atoms with van der Waals surface area (Å²) < 4.78 is 12.8. The number of aromatic nitrogens is 1. The zero-order valence-corrected chi connectivity index (χ0v) is 6.47. The number of nitrogen functional groups attached to an aromatic ring is 1. The number of pyridine rings is 1. The van der Waals surface area contributed by atoms with Gasteiger partial charge in [-0.15, -0.1) is 0 Å². The fourth-order valence-electron chi connectivity index (χ4n) is 0.647. The van der Waals surface area contributed by atoms with E-state index in [2.05, 4.69) is 4.98 Å². The van der Waals surface area contributed by atoms with Gasteiger partial charge in [0, 0.05) is 6.20 Å². The van der Waals surface area contributed by atoms with Gasteiger partial charge in [0.25, 0.3) is 0 Å². The van der Waals surface area contributed by atoms with Crippen LogP contribution in [-0.4, -0.2) is 16.1 Å². The molecule has 0 fully saturated rings. The third-order valence-corrected chi connectivity index (χ3v) is 1.51. The summed E-state index contributed by atoms with van der Waals surface area (Å²) in [6.07, 6.45) is 0.906. The molecule has 1 aromatic rings. The molecule has 4 nitrogen and oxygen atoms in total. The average molecular weight is 191 g/mol. The predicted octanol–water partition coefficient (Wildman–Crippen LogP) is 1.15. The molecule has 0 bridgehead atoms. The topological polar surface area (TPSA) is 76.2 Å². The molecule has 0 aromatic carbocycles. The zero-order chi connectivity index (χ0) is 9.30. The second-order valence-electron chi connectivity index (χ2n) is 2.00. The Morgan fingerprint density at radius 3 is 2.83 bits per heavy atom. The minimum absolute atomic E-state index is 0.392. The van der Waals surface area contributed by atoms with Gasteiger partial charge in [-0.2, -0.15) is 0 Å². The molecule has 1 rings (SSSR count). The summed E-state index contributed by atoms with van der Waals surface area (Å²) in [7, 11) is 0. The van der Waals surface area contributed by atoms with Crippen LogP contribution in [0.3, 0.4) is 0 Å². The van der Waals surface area contributed by atoms with E-state index >= 15 is 0 Å². The van der Waals surface area contributed by atoms with Gasteiger partial charge in [0.1, 0.15) is 5.56 Å². The first-order valence-corrected chi connectivity index (χ1v) is 3.24. The van der Waals surface area contributed by atoms with Crippen molar-refractivity contribution in [3.8, 4) is 0 Å². The van der Waals surface area contributed by atoms with Gasteiger partial charge in [-0.05, 0) is 0 Å². The molecule has 1 heterocycles. The Hall–Kier alpha value is -1.36. The monoisotopic (exact) mass is 190 g/mol. The molecule has 3 N–H and O–H groups in total. The number of carboxylic acid groups (broad SMARTS) is 1. The molecule has 0 unspecified atom stereocenters. The molecule has 0 aliphatic rings. The Morgan fingerprint density at radius 2 is 2.33 bits per heavy atom. The van der Waals surface area contributed by atoms with Crippen LogP contribution in [0.15, 0.2) is 6.20 Å². The Bertz CT molecular complexity index is 343. The Kier molecular flexibility index (Phi) is 2.14. The van der Waals surface area contributed by atoms with Crippen LogP contribution in [0.2, 0.25) is 5.15 Å². The van der Waals surface area contributed by atoms with Crippen LogP contribution in [0.5, 0.6) is 0 Å². The number of anilines is 1. The lowest BCUT2D eigenvalue weighted by Crippen LogP contribution is -2.06. The highest BCUT2D eigenvalue weighted by atomic mass is 35.5. The van der Waals surface area contributed by atoms with Crippen LogP contribution in [-0.2, 0) is 0 Å². The van der Waals surface area contributed by atoms with E-state index in [0.717, 1.165) is 6.20 Å². The predicted molar refractivity (Wildman–Crippen MR) is 40.6 cm³/mol. The smallest absolute Gasteiger partial charge is 0.339 e. The summed E-state index contributed by atoms with van der Waals surface area (Å²) in [4.78, 5) is 13.6. The number of carbonyl (C=O) groups is 1. The molecule has 64 valence electrons. The minimum atomic E-state index is -1.34. The van der Waals surface area contributed by atoms with E-state index in [1.807, 2.05) is 0 Å². The van der Waals surface area contributed by atoms with Gasteiger partial charge in [-0.3, -0.25) is 0 Å². The molecule has 1 aromatic heterocycles. The van der Waals surface area contributed by atoms with E-state index in [1.54, 1.807) is 0 Å². The molecule has 0 spiro atoms. The maximum atomic E-state index is 12.8. The van der Waals surface area contributed by atoms with Gasteiger partial charge in [0.2, 0.25) is 0 Å². The number of nitrogens with two attached hydrogens (primary N) is 1. The molecule has 0 amide bonds. The average Bonchev–Trinajstić information content (AvgIpc) is 2.00. The third-order valence-electron chi connectivity index (χ3n) is 1.25. The lowest BCUT2D eigenvalue weighted by Gasteiger charge is -2.01. The maximum absolute atomic E-state index is 12.8. The Labute approximate surface area is 71.8 Å². The maximum Gasteiger partial charge on any atom is 0.339 e. The number of carboxylic acids is 1. The molecule has 0 radical (unpaired) electrons. The molecular formula is C6H4ClFN2O2. The van der Waals surface area contributed by atoms with Gasteiger partial charge in [-0.1, -0.05) is 11.6 Å². The SMILES string of the molecule is Nc1c(C(=O)O)cnc(Cl)c1F. The summed E-state index contributed by atoms with van der Waals surface area (Å²) in [6, 6.07) is 0. The lowest BCUT2D eigenvalue weighted by atomic mass is 10.2. The van der Waals surface area contributed by atoms with Crippen molar-refractivity contribution in [2.45, 2.75) is 0 Å². The van der Waals surface area contributed by atoms with Crippen LogP contribution >= 0.6 is 11.6 Å². The number of halogens is 2. The summed E-state index contributed by atoms with van der Waals surface area (Å²) >= 11 is 5.23. The van der Waals surface area contributed by atoms with Gasteiger partial charge >= 0.3 is 5.97 Å². The highest BCUT2D eigenvalue weighted by Gasteiger charge is 2.14. The number of hydrogen-bond acceptors (Lipinski definition) is 3. The van der Waals surface area contributed by atoms with Gasteiger partial charge in [0.05, 0.1) is 5.69 Å². The number of rotatable bonds is 1. The van der Waals surface area contributed by atoms with Crippen molar-refractivity contribution < 1.29 is 14.3 Å². The molecule has 6 heteroatoms. The lowest BCUT2D eigenvalue weighted by molar-refractivity contribution is 0.0697. The Balaban J connectivity index is 3.36. The van der Waals surface area contributed by atoms with E-state index in [1.165, 1.54) is 0 Å². The van der Waals surface area contributed by atoms with Gasteiger partial charge in [-0.25, -0.2) is 14.2 Å². The van der Waals surface area contributed by atoms with Crippen LogP contribution in [0, 0.1) is 5.82 Å². The van der Waals surface area contributed by atoms with Gasteiger partial charge < -0.3 is 10.8 Å². The van der Waals surface area contributed by atoms with E-state index < -0.39 is 28.2 Å². The fraction of sp³-hybridized carbons (Fsp3) is 0. The molecule has 12 heavy (non-hydrogen) atoms. The minimum Gasteiger partial charge on any atom is -0.478 e. The first-order chi connectivity index (χ1) is 5.54. The normalized spacial score (nSPS) is 9.83. The van der Waals surface area contributed by atoms with Crippen molar-refractivity contribution in [2.75, 3.05) is 5.73 Å². The molecular weight excluding hydrogens is 187 g/mol. The third kappa shape index (κ3) is 1.31. The summed E-state index contributed by atoms with van der Waals surface area (Å²) in [5.41, 5.74) is 4.21. The molecule has 0 aliphatic carbocycles. The summed E-state index contributed by atoms with van der Waals surface area (Å²) in [6.45, 7) is 0. The van der Waals surface area contributed by atoms with Crippen LogP contribution in [0.1, 0.15) is 10.4 Å². The van der Waals surface area contributed by atoms with E-state index in [-0.39, 0.29) is 0 Å². The Morgan fingerprint density at radius 1 is 1.75 bits per heavy atom. The van der Waals surface area contributed by atoms with Crippen molar-refractivity contribution >= 4 is 23.3 Å². The fourth-order valence-corrected chi connectivity index (χ4v) is 0.798. The first-order valence-electron chi connectivity index (χ1n) is 2.86.